The zero-order valence-corrected chi connectivity index (χ0v) is 11.1. The summed E-state index contributed by atoms with van der Waals surface area (Å²) in [4.78, 5) is 0. The molecule has 1 heteroatoms. The summed E-state index contributed by atoms with van der Waals surface area (Å²) in [5.41, 5.74) is 6.67. The van der Waals surface area contributed by atoms with Crippen LogP contribution in [0, 0.1) is 17.8 Å². The first-order valence-corrected chi connectivity index (χ1v) is 6.72. The highest BCUT2D eigenvalue weighted by molar-refractivity contribution is 4.88. The normalized spacial score (nSPS) is 33.4. The van der Waals surface area contributed by atoms with Crippen molar-refractivity contribution in [1.82, 2.24) is 0 Å². The Labute approximate surface area is 95.8 Å². The van der Waals surface area contributed by atoms with Crippen molar-refractivity contribution >= 4 is 0 Å². The molecule has 0 amide bonds. The molecule has 0 aromatic heterocycles. The van der Waals surface area contributed by atoms with Crippen molar-refractivity contribution in [2.24, 2.45) is 23.5 Å². The van der Waals surface area contributed by atoms with Crippen LogP contribution in [0.4, 0.5) is 0 Å². The van der Waals surface area contributed by atoms with Gasteiger partial charge in [-0.25, -0.2) is 0 Å². The van der Waals surface area contributed by atoms with Crippen molar-refractivity contribution in [2.75, 3.05) is 0 Å². The smallest absolute Gasteiger partial charge is 0.0156 e. The fourth-order valence-corrected chi connectivity index (χ4v) is 3.14. The molecule has 0 aliphatic heterocycles. The van der Waals surface area contributed by atoms with Gasteiger partial charge < -0.3 is 5.73 Å². The maximum atomic E-state index is 6.52. The summed E-state index contributed by atoms with van der Waals surface area (Å²) in [5, 5.41) is 0. The lowest BCUT2D eigenvalue weighted by atomic mass is 9.82. The first-order chi connectivity index (χ1) is 6.93. The number of nitrogens with two attached hydrogens (primary N) is 1. The summed E-state index contributed by atoms with van der Waals surface area (Å²) in [6, 6.07) is 0. The van der Waals surface area contributed by atoms with Crippen LogP contribution in [-0.4, -0.2) is 5.54 Å². The summed E-state index contributed by atoms with van der Waals surface area (Å²) >= 11 is 0. The predicted octanol–water partition coefficient (Wildman–Crippen LogP) is 3.97. The number of hydrogen-bond acceptors (Lipinski definition) is 1. The van der Waals surface area contributed by atoms with E-state index in [0.717, 1.165) is 17.8 Å². The van der Waals surface area contributed by atoms with E-state index in [1.807, 2.05) is 0 Å². The molecule has 15 heavy (non-hydrogen) atoms. The second-order valence-electron chi connectivity index (χ2n) is 6.40. The van der Waals surface area contributed by atoms with E-state index in [0.29, 0.717) is 0 Å². The van der Waals surface area contributed by atoms with Crippen LogP contribution in [-0.2, 0) is 0 Å². The molecule has 2 atom stereocenters. The molecule has 1 rings (SSSR count). The molecule has 1 aliphatic carbocycles. The standard InChI is InChI=1S/C14H29N/c1-11(2)10-14(15)8-5-6-13(7-9-14)12(3)4/h11-13H,5-10,15H2,1-4H3. The Morgan fingerprint density at radius 2 is 1.80 bits per heavy atom. The minimum Gasteiger partial charge on any atom is -0.325 e. The van der Waals surface area contributed by atoms with Gasteiger partial charge in [0.25, 0.3) is 0 Å². The van der Waals surface area contributed by atoms with E-state index in [-0.39, 0.29) is 5.54 Å². The summed E-state index contributed by atoms with van der Waals surface area (Å²) in [6.45, 7) is 9.30. The molecule has 1 aliphatic rings. The highest BCUT2D eigenvalue weighted by Crippen LogP contribution is 2.35. The Hall–Kier alpha value is -0.0400. The third-order valence-electron chi connectivity index (χ3n) is 4.02. The van der Waals surface area contributed by atoms with Crippen LogP contribution < -0.4 is 5.73 Å². The van der Waals surface area contributed by atoms with Crippen molar-refractivity contribution in [2.45, 2.75) is 71.8 Å². The van der Waals surface area contributed by atoms with Crippen molar-refractivity contribution in [3.63, 3.8) is 0 Å². The molecular formula is C14H29N. The summed E-state index contributed by atoms with van der Waals surface area (Å²) < 4.78 is 0. The first-order valence-electron chi connectivity index (χ1n) is 6.72. The van der Waals surface area contributed by atoms with Crippen LogP contribution in [0.25, 0.3) is 0 Å². The maximum Gasteiger partial charge on any atom is 0.0156 e. The molecule has 2 unspecified atom stereocenters. The van der Waals surface area contributed by atoms with Gasteiger partial charge in [-0.1, -0.05) is 40.5 Å². The maximum absolute atomic E-state index is 6.52. The topological polar surface area (TPSA) is 26.0 Å². The Bertz CT molecular complexity index is 186. The molecule has 0 spiro atoms. The summed E-state index contributed by atoms with van der Waals surface area (Å²) in [7, 11) is 0. The van der Waals surface area contributed by atoms with Gasteiger partial charge in [-0.15, -0.1) is 0 Å². The Balaban J connectivity index is 2.51. The van der Waals surface area contributed by atoms with E-state index < -0.39 is 0 Å². The molecule has 0 saturated heterocycles. The molecule has 1 nitrogen and oxygen atoms in total. The van der Waals surface area contributed by atoms with Crippen molar-refractivity contribution in [1.29, 1.82) is 0 Å². The van der Waals surface area contributed by atoms with Crippen LogP contribution in [0.2, 0.25) is 0 Å². The van der Waals surface area contributed by atoms with Crippen molar-refractivity contribution in [3.8, 4) is 0 Å². The number of hydrogen-bond donors (Lipinski definition) is 1. The lowest BCUT2D eigenvalue weighted by Gasteiger charge is -2.30. The van der Waals surface area contributed by atoms with E-state index in [4.69, 9.17) is 5.73 Å². The van der Waals surface area contributed by atoms with Crippen LogP contribution in [0.5, 0.6) is 0 Å². The summed E-state index contributed by atoms with van der Waals surface area (Å²) in [6.07, 6.45) is 7.78. The molecular weight excluding hydrogens is 182 g/mol. The zero-order valence-electron chi connectivity index (χ0n) is 11.1. The Morgan fingerprint density at radius 1 is 1.13 bits per heavy atom. The SMILES string of the molecule is CC(C)CC1(N)CCCC(C(C)C)CC1. The molecule has 1 saturated carbocycles. The second kappa shape index (κ2) is 5.34. The lowest BCUT2D eigenvalue weighted by Crippen LogP contribution is -2.40. The highest BCUT2D eigenvalue weighted by atomic mass is 14.7. The van der Waals surface area contributed by atoms with Gasteiger partial charge in [0, 0.05) is 5.54 Å². The van der Waals surface area contributed by atoms with Crippen molar-refractivity contribution < 1.29 is 0 Å². The summed E-state index contributed by atoms with van der Waals surface area (Å²) in [5.74, 6) is 2.50. The van der Waals surface area contributed by atoms with Gasteiger partial charge in [-0.05, 0) is 43.4 Å². The van der Waals surface area contributed by atoms with Gasteiger partial charge in [0.05, 0.1) is 0 Å². The fourth-order valence-electron chi connectivity index (χ4n) is 3.14. The van der Waals surface area contributed by atoms with E-state index in [2.05, 4.69) is 27.7 Å². The lowest BCUT2D eigenvalue weighted by molar-refractivity contribution is 0.288. The van der Waals surface area contributed by atoms with Crippen LogP contribution in [0.1, 0.15) is 66.2 Å². The van der Waals surface area contributed by atoms with Crippen LogP contribution in [0.15, 0.2) is 0 Å². The molecule has 0 aromatic carbocycles. The van der Waals surface area contributed by atoms with Gasteiger partial charge in [-0.3, -0.25) is 0 Å². The van der Waals surface area contributed by atoms with E-state index >= 15 is 0 Å². The minimum absolute atomic E-state index is 0.151. The third-order valence-corrected chi connectivity index (χ3v) is 4.02. The molecule has 1 fully saturated rings. The molecule has 0 heterocycles. The van der Waals surface area contributed by atoms with Crippen LogP contribution >= 0.6 is 0 Å². The van der Waals surface area contributed by atoms with E-state index in [9.17, 15) is 0 Å². The predicted molar refractivity (Wildman–Crippen MR) is 67.8 cm³/mol. The Kier molecular flexibility index (Phi) is 4.64. The minimum atomic E-state index is 0.151. The molecule has 0 aromatic rings. The quantitative estimate of drug-likeness (QED) is 0.702. The molecule has 0 radical (unpaired) electrons. The molecule has 90 valence electrons. The Morgan fingerprint density at radius 3 is 2.33 bits per heavy atom. The zero-order chi connectivity index (χ0) is 11.5. The molecule has 0 bridgehead atoms. The number of rotatable bonds is 3. The average molecular weight is 211 g/mol. The van der Waals surface area contributed by atoms with Gasteiger partial charge in [0.1, 0.15) is 0 Å². The fraction of sp³-hybridized carbons (Fsp3) is 1.00. The first kappa shape index (κ1) is 13.0. The largest absolute Gasteiger partial charge is 0.325 e. The van der Waals surface area contributed by atoms with Gasteiger partial charge in [0.15, 0.2) is 0 Å². The van der Waals surface area contributed by atoms with E-state index in [1.54, 1.807) is 0 Å². The van der Waals surface area contributed by atoms with Crippen LogP contribution in [0.3, 0.4) is 0 Å². The van der Waals surface area contributed by atoms with Gasteiger partial charge in [0.2, 0.25) is 0 Å². The van der Waals surface area contributed by atoms with Gasteiger partial charge in [-0.2, -0.15) is 0 Å². The third kappa shape index (κ3) is 4.14. The second-order valence-corrected chi connectivity index (χ2v) is 6.40. The average Bonchev–Trinajstić information content (AvgIpc) is 2.25. The highest BCUT2D eigenvalue weighted by Gasteiger charge is 2.30. The van der Waals surface area contributed by atoms with Gasteiger partial charge >= 0.3 is 0 Å². The van der Waals surface area contributed by atoms with E-state index in [1.165, 1.54) is 38.5 Å². The molecule has 2 N–H and O–H groups in total. The van der Waals surface area contributed by atoms with Crippen molar-refractivity contribution in [3.05, 3.63) is 0 Å². The monoisotopic (exact) mass is 211 g/mol.